The van der Waals surface area contributed by atoms with Crippen LogP contribution in [0, 0.1) is 12.3 Å². The molecule has 0 aromatic heterocycles. The fourth-order valence-corrected chi connectivity index (χ4v) is 5.85. The first kappa shape index (κ1) is 12.7. The third kappa shape index (κ3) is 1.89. The highest BCUT2D eigenvalue weighted by molar-refractivity contribution is 7.93. The molecule has 1 aromatic carbocycles. The van der Waals surface area contributed by atoms with Gasteiger partial charge in [0, 0.05) is 5.56 Å². The maximum absolute atomic E-state index is 12.1. The summed E-state index contributed by atoms with van der Waals surface area (Å²) >= 11 is 0. The van der Waals surface area contributed by atoms with E-state index < -0.39 is 15.4 Å². The van der Waals surface area contributed by atoms with Gasteiger partial charge in [-0.05, 0) is 43.4 Å². The van der Waals surface area contributed by atoms with Gasteiger partial charge >= 0.3 is 0 Å². The van der Waals surface area contributed by atoms with Gasteiger partial charge in [0.05, 0.1) is 16.1 Å². The van der Waals surface area contributed by atoms with Crippen LogP contribution in [0.5, 0.6) is 0 Å². The molecule has 0 spiro atoms. The Balaban J connectivity index is 1.95. The predicted octanol–water partition coefficient (Wildman–Crippen LogP) is 1.60. The molecule has 2 fully saturated rings. The van der Waals surface area contributed by atoms with Crippen LogP contribution in [0.1, 0.15) is 36.8 Å². The lowest BCUT2D eigenvalue weighted by Crippen LogP contribution is -2.43. The first-order valence-corrected chi connectivity index (χ1v) is 8.09. The molecule has 4 heteroatoms. The van der Waals surface area contributed by atoms with Gasteiger partial charge < -0.3 is 5.11 Å². The molecule has 2 aliphatic heterocycles. The lowest BCUT2D eigenvalue weighted by atomic mass is 9.85. The van der Waals surface area contributed by atoms with Gasteiger partial charge in [-0.15, -0.1) is 6.42 Å². The molecule has 2 bridgehead atoms. The molecule has 0 aliphatic carbocycles. The third-order valence-corrected chi connectivity index (χ3v) is 7.12. The Kier molecular flexibility index (Phi) is 2.74. The van der Waals surface area contributed by atoms with E-state index >= 15 is 0 Å². The Hall–Kier alpha value is -1.31. The van der Waals surface area contributed by atoms with Crippen molar-refractivity contribution < 1.29 is 13.5 Å². The minimum absolute atomic E-state index is 0.307. The van der Waals surface area contributed by atoms with Crippen molar-refractivity contribution >= 4 is 9.84 Å². The van der Waals surface area contributed by atoms with Crippen LogP contribution in [0.3, 0.4) is 0 Å². The highest BCUT2D eigenvalue weighted by Crippen LogP contribution is 2.47. The zero-order valence-corrected chi connectivity index (χ0v) is 11.4. The molecule has 100 valence electrons. The second-order valence-corrected chi connectivity index (χ2v) is 8.08. The molecule has 2 atom stereocenters. The van der Waals surface area contributed by atoms with Crippen molar-refractivity contribution in [2.45, 2.75) is 41.8 Å². The lowest BCUT2D eigenvalue weighted by Gasteiger charge is -2.36. The van der Waals surface area contributed by atoms with Crippen LogP contribution in [-0.2, 0) is 15.4 Å². The maximum atomic E-state index is 12.1. The van der Waals surface area contributed by atoms with Crippen molar-refractivity contribution in [3.05, 3.63) is 35.4 Å². The number of hydrogen-bond acceptors (Lipinski definition) is 3. The fraction of sp³-hybridized carbons (Fsp3) is 0.467. The van der Waals surface area contributed by atoms with Crippen LogP contribution in [0.2, 0.25) is 0 Å². The summed E-state index contributed by atoms with van der Waals surface area (Å²) in [4.78, 5) is 0. The Bertz CT molecular complexity index is 617. The van der Waals surface area contributed by atoms with Crippen molar-refractivity contribution in [1.82, 2.24) is 0 Å². The van der Waals surface area contributed by atoms with Crippen LogP contribution in [0.15, 0.2) is 24.3 Å². The van der Waals surface area contributed by atoms with Crippen LogP contribution < -0.4 is 0 Å². The molecule has 19 heavy (non-hydrogen) atoms. The summed E-state index contributed by atoms with van der Waals surface area (Å²) in [5.74, 6) is 2.54. The van der Waals surface area contributed by atoms with Crippen LogP contribution in [0.25, 0.3) is 0 Å². The summed E-state index contributed by atoms with van der Waals surface area (Å²) in [6.45, 7) is 0. The zero-order chi connectivity index (χ0) is 13.7. The smallest absolute Gasteiger partial charge is 0.156 e. The first-order chi connectivity index (χ1) is 8.95. The van der Waals surface area contributed by atoms with Crippen molar-refractivity contribution in [3.8, 4) is 12.3 Å². The predicted molar refractivity (Wildman–Crippen MR) is 73.2 cm³/mol. The average Bonchev–Trinajstić information content (AvgIpc) is 2.58. The van der Waals surface area contributed by atoms with E-state index in [0.29, 0.717) is 25.7 Å². The van der Waals surface area contributed by atoms with E-state index in [9.17, 15) is 13.5 Å². The third-order valence-electron chi connectivity index (χ3n) is 4.46. The number of fused-ring (bicyclic) bond motifs is 2. The molecule has 3 nitrogen and oxygen atoms in total. The Labute approximate surface area is 113 Å². The van der Waals surface area contributed by atoms with Crippen molar-refractivity contribution in [2.24, 2.45) is 0 Å². The van der Waals surface area contributed by atoms with E-state index in [4.69, 9.17) is 6.42 Å². The average molecular weight is 276 g/mol. The van der Waals surface area contributed by atoms with Gasteiger partial charge in [-0.3, -0.25) is 0 Å². The second kappa shape index (κ2) is 4.09. The Morgan fingerprint density at radius 3 is 2.16 bits per heavy atom. The molecule has 2 heterocycles. The Morgan fingerprint density at radius 1 is 1.16 bits per heavy atom. The normalized spacial score (nSPS) is 35.8. The largest absolute Gasteiger partial charge is 0.385 e. The standard InChI is InChI=1S/C15H16O3S/c1-2-11-3-5-12(6-4-11)15(16)9-13-7-8-14(10-15)19(13,17)18/h1,3-6,13-14,16H,7-10H2. The molecule has 0 radical (unpaired) electrons. The number of rotatable bonds is 1. The fourth-order valence-electron chi connectivity index (χ4n) is 3.36. The summed E-state index contributed by atoms with van der Waals surface area (Å²) in [5.41, 5.74) is 0.515. The van der Waals surface area contributed by atoms with Crippen LogP contribution in [-0.4, -0.2) is 24.0 Å². The molecule has 1 aromatic rings. The van der Waals surface area contributed by atoms with E-state index in [1.54, 1.807) is 12.1 Å². The number of hydrogen-bond donors (Lipinski definition) is 1. The molecule has 2 saturated heterocycles. The van der Waals surface area contributed by atoms with E-state index in [1.807, 2.05) is 12.1 Å². The molecule has 3 rings (SSSR count). The van der Waals surface area contributed by atoms with E-state index in [2.05, 4.69) is 5.92 Å². The molecule has 0 amide bonds. The van der Waals surface area contributed by atoms with Gasteiger partial charge in [-0.2, -0.15) is 0 Å². The number of benzene rings is 1. The highest BCUT2D eigenvalue weighted by atomic mass is 32.2. The minimum Gasteiger partial charge on any atom is -0.385 e. The highest BCUT2D eigenvalue weighted by Gasteiger charge is 2.53. The van der Waals surface area contributed by atoms with Crippen molar-refractivity contribution in [3.63, 3.8) is 0 Å². The maximum Gasteiger partial charge on any atom is 0.156 e. The zero-order valence-electron chi connectivity index (χ0n) is 10.5. The number of aliphatic hydroxyl groups is 1. The first-order valence-electron chi connectivity index (χ1n) is 6.48. The van der Waals surface area contributed by atoms with Gasteiger partial charge in [0.15, 0.2) is 9.84 Å². The quantitative estimate of drug-likeness (QED) is 0.793. The van der Waals surface area contributed by atoms with Gasteiger partial charge in [-0.1, -0.05) is 18.1 Å². The number of sulfone groups is 1. The summed E-state index contributed by atoms with van der Waals surface area (Å²) < 4.78 is 24.1. The summed E-state index contributed by atoms with van der Waals surface area (Å²) in [6.07, 6.45) is 7.28. The summed E-state index contributed by atoms with van der Waals surface area (Å²) in [6, 6.07) is 7.20. The SMILES string of the molecule is C#Cc1ccc(C2(O)CC3CCC(C2)S3(=O)=O)cc1. The van der Waals surface area contributed by atoms with Gasteiger partial charge in [0.2, 0.25) is 0 Å². The molecular weight excluding hydrogens is 260 g/mol. The molecule has 2 aliphatic rings. The summed E-state index contributed by atoms with van der Waals surface area (Å²) in [7, 11) is -3.01. The number of terminal acetylenes is 1. The molecule has 1 N–H and O–H groups in total. The van der Waals surface area contributed by atoms with E-state index in [1.165, 1.54) is 0 Å². The lowest BCUT2D eigenvalue weighted by molar-refractivity contribution is 0.0173. The topological polar surface area (TPSA) is 54.4 Å². The van der Waals surface area contributed by atoms with E-state index in [-0.39, 0.29) is 10.5 Å². The van der Waals surface area contributed by atoms with Gasteiger partial charge in [0.1, 0.15) is 0 Å². The summed E-state index contributed by atoms with van der Waals surface area (Å²) in [5, 5.41) is 10.0. The monoisotopic (exact) mass is 276 g/mol. The second-order valence-electron chi connectivity index (χ2n) is 5.57. The molecule has 0 saturated carbocycles. The van der Waals surface area contributed by atoms with Gasteiger partial charge in [0.25, 0.3) is 0 Å². The van der Waals surface area contributed by atoms with Crippen molar-refractivity contribution in [2.75, 3.05) is 0 Å². The molecular formula is C15H16O3S. The van der Waals surface area contributed by atoms with Crippen LogP contribution >= 0.6 is 0 Å². The minimum atomic E-state index is -3.01. The molecule has 2 unspecified atom stereocenters. The van der Waals surface area contributed by atoms with E-state index in [0.717, 1.165) is 11.1 Å². The van der Waals surface area contributed by atoms with Crippen molar-refractivity contribution in [1.29, 1.82) is 0 Å². The Morgan fingerprint density at radius 2 is 1.68 bits per heavy atom. The van der Waals surface area contributed by atoms with Crippen LogP contribution in [0.4, 0.5) is 0 Å². The van der Waals surface area contributed by atoms with Gasteiger partial charge in [-0.25, -0.2) is 8.42 Å².